The quantitative estimate of drug-likeness (QED) is 0.881. The van der Waals surface area contributed by atoms with Crippen LogP contribution in [-0.2, 0) is 11.3 Å². The first-order chi connectivity index (χ1) is 9.22. The lowest BCUT2D eigenvalue weighted by molar-refractivity contribution is 0.158. The van der Waals surface area contributed by atoms with Crippen LogP contribution < -0.4 is 5.32 Å². The second-order valence-electron chi connectivity index (χ2n) is 4.80. The van der Waals surface area contributed by atoms with Crippen molar-refractivity contribution in [1.82, 2.24) is 10.3 Å². The van der Waals surface area contributed by atoms with E-state index in [9.17, 15) is 0 Å². The van der Waals surface area contributed by atoms with Crippen LogP contribution in [0.1, 0.15) is 12.5 Å². The van der Waals surface area contributed by atoms with Crippen LogP contribution in [0.4, 0.5) is 0 Å². The largest absolute Gasteiger partial charge is 0.384 e. The Balaban J connectivity index is 2.07. The molecule has 1 aromatic carbocycles. The first kappa shape index (κ1) is 14.3. The van der Waals surface area contributed by atoms with Gasteiger partial charge in [-0.3, -0.25) is 4.98 Å². The highest BCUT2D eigenvalue weighted by molar-refractivity contribution is 6.35. The van der Waals surface area contributed by atoms with Crippen molar-refractivity contribution in [3.8, 4) is 0 Å². The molecule has 1 N–H and O–H groups in total. The van der Waals surface area contributed by atoms with Gasteiger partial charge in [0.2, 0.25) is 0 Å². The van der Waals surface area contributed by atoms with Gasteiger partial charge in [-0.25, -0.2) is 0 Å². The van der Waals surface area contributed by atoms with E-state index >= 15 is 0 Å². The fraction of sp³-hybridized carbons (Fsp3) is 0.400. The molecular formula is C15H19ClN2O. The van der Waals surface area contributed by atoms with Crippen molar-refractivity contribution in [3.05, 3.63) is 41.0 Å². The third-order valence-corrected chi connectivity index (χ3v) is 3.39. The van der Waals surface area contributed by atoms with Gasteiger partial charge in [-0.2, -0.15) is 0 Å². The number of nitrogens with zero attached hydrogens (tertiary/aromatic N) is 1. The summed E-state index contributed by atoms with van der Waals surface area (Å²) in [5.41, 5.74) is 2.14. The van der Waals surface area contributed by atoms with E-state index in [2.05, 4.69) is 17.2 Å². The lowest BCUT2D eigenvalue weighted by Gasteiger charge is -2.12. The molecule has 19 heavy (non-hydrogen) atoms. The SMILES string of the molecule is COCC(C)CNCc1ccc(Cl)c2cccnc12. The van der Waals surface area contributed by atoms with Crippen LogP contribution in [0.2, 0.25) is 5.02 Å². The second-order valence-corrected chi connectivity index (χ2v) is 5.20. The summed E-state index contributed by atoms with van der Waals surface area (Å²) in [7, 11) is 1.73. The Hall–Kier alpha value is -1.16. The average Bonchev–Trinajstić information content (AvgIpc) is 2.42. The highest BCUT2D eigenvalue weighted by atomic mass is 35.5. The highest BCUT2D eigenvalue weighted by Crippen LogP contribution is 2.24. The molecule has 2 aromatic rings. The molecule has 102 valence electrons. The van der Waals surface area contributed by atoms with Crippen molar-refractivity contribution in [2.75, 3.05) is 20.3 Å². The van der Waals surface area contributed by atoms with E-state index in [1.807, 2.05) is 24.3 Å². The Bertz CT molecular complexity index is 545. The Labute approximate surface area is 118 Å². The van der Waals surface area contributed by atoms with E-state index in [1.54, 1.807) is 13.3 Å². The first-order valence-corrected chi connectivity index (χ1v) is 6.82. The first-order valence-electron chi connectivity index (χ1n) is 6.44. The van der Waals surface area contributed by atoms with E-state index in [4.69, 9.17) is 16.3 Å². The molecule has 0 aliphatic rings. The minimum Gasteiger partial charge on any atom is -0.384 e. The van der Waals surface area contributed by atoms with Crippen molar-refractivity contribution in [1.29, 1.82) is 0 Å². The van der Waals surface area contributed by atoms with Crippen LogP contribution in [0.5, 0.6) is 0 Å². The predicted molar refractivity (Wildman–Crippen MR) is 79.5 cm³/mol. The summed E-state index contributed by atoms with van der Waals surface area (Å²) in [6.07, 6.45) is 1.80. The van der Waals surface area contributed by atoms with Crippen LogP contribution >= 0.6 is 11.6 Å². The number of ether oxygens (including phenoxy) is 1. The second kappa shape index (κ2) is 6.85. The Morgan fingerprint density at radius 3 is 3.00 bits per heavy atom. The summed E-state index contributed by atoms with van der Waals surface area (Å²) in [5.74, 6) is 0.497. The molecule has 4 heteroatoms. The molecule has 1 heterocycles. The molecule has 0 saturated heterocycles. The maximum atomic E-state index is 6.18. The van der Waals surface area contributed by atoms with Gasteiger partial charge in [0.25, 0.3) is 0 Å². The van der Waals surface area contributed by atoms with Gasteiger partial charge in [0.15, 0.2) is 0 Å². The molecule has 1 unspecified atom stereocenters. The molecule has 0 aliphatic carbocycles. The predicted octanol–water partition coefficient (Wildman–Crippen LogP) is 3.26. The van der Waals surface area contributed by atoms with E-state index in [-0.39, 0.29) is 0 Å². The molecule has 3 nitrogen and oxygen atoms in total. The number of hydrogen-bond donors (Lipinski definition) is 1. The maximum absolute atomic E-state index is 6.18. The van der Waals surface area contributed by atoms with Gasteiger partial charge in [0.1, 0.15) is 0 Å². The summed E-state index contributed by atoms with van der Waals surface area (Å²) < 4.78 is 5.12. The molecule has 0 radical (unpaired) electrons. The molecule has 0 amide bonds. The molecule has 1 aromatic heterocycles. The minimum absolute atomic E-state index is 0.497. The summed E-state index contributed by atoms with van der Waals surface area (Å²) in [6.45, 7) is 4.64. The summed E-state index contributed by atoms with van der Waals surface area (Å²) in [5, 5.41) is 5.19. The molecule has 0 spiro atoms. The smallest absolute Gasteiger partial charge is 0.0761 e. The molecule has 0 saturated carbocycles. The maximum Gasteiger partial charge on any atom is 0.0761 e. The third-order valence-electron chi connectivity index (χ3n) is 3.06. The summed E-state index contributed by atoms with van der Waals surface area (Å²) in [4.78, 5) is 4.43. The molecule has 2 rings (SSSR count). The van der Waals surface area contributed by atoms with Crippen LogP contribution in [0.15, 0.2) is 30.5 Å². The Kier molecular flexibility index (Phi) is 5.14. The molecular weight excluding hydrogens is 260 g/mol. The van der Waals surface area contributed by atoms with Crippen LogP contribution in [0.3, 0.4) is 0 Å². The minimum atomic E-state index is 0.497. The summed E-state index contributed by atoms with van der Waals surface area (Å²) in [6, 6.07) is 7.88. The zero-order valence-corrected chi connectivity index (χ0v) is 12.1. The number of hydrogen-bond acceptors (Lipinski definition) is 3. The average molecular weight is 279 g/mol. The normalized spacial score (nSPS) is 12.8. The van der Waals surface area contributed by atoms with Gasteiger partial charge in [0, 0.05) is 43.4 Å². The molecule has 0 bridgehead atoms. The molecule has 0 fully saturated rings. The topological polar surface area (TPSA) is 34.1 Å². The molecule has 1 atom stereocenters. The number of rotatable bonds is 6. The van der Waals surface area contributed by atoms with Gasteiger partial charge in [0.05, 0.1) is 5.52 Å². The van der Waals surface area contributed by atoms with Crippen molar-refractivity contribution >= 4 is 22.5 Å². The monoisotopic (exact) mass is 278 g/mol. The molecule has 0 aliphatic heterocycles. The standard InChI is InChI=1S/C15H19ClN2O/c1-11(10-19-2)8-17-9-12-5-6-14(16)13-4-3-7-18-15(12)13/h3-7,11,17H,8-10H2,1-2H3. The number of benzene rings is 1. The highest BCUT2D eigenvalue weighted by Gasteiger charge is 2.06. The van der Waals surface area contributed by atoms with Gasteiger partial charge < -0.3 is 10.1 Å². The number of pyridine rings is 1. The van der Waals surface area contributed by atoms with E-state index in [1.165, 1.54) is 5.56 Å². The van der Waals surface area contributed by atoms with Gasteiger partial charge >= 0.3 is 0 Å². The third kappa shape index (κ3) is 3.66. The lowest BCUT2D eigenvalue weighted by Crippen LogP contribution is -2.23. The number of aromatic nitrogens is 1. The van der Waals surface area contributed by atoms with Crippen molar-refractivity contribution in [3.63, 3.8) is 0 Å². The van der Waals surface area contributed by atoms with Crippen molar-refractivity contribution < 1.29 is 4.74 Å². The Morgan fingerprint density at radius 1 is 1.37 bits per heavy atom. The van der Waals surface area contributed by atoms with Gasteiger partial charge in [-0.15, -0.1) is 0 Å². The number of halogens is 1. The fourth-order valence-electron chi connectivity index (χ4n) is 2.14. The summed E-state index contributed by atoms with van der Waals surface area (Å²) >= 11 is 6.18. The zero-order chi connectivity index (χ0) is 13.7. The van der Waals surface area contributed by atoms with E-state index in [0.717, 1.165) is 35.6 Å². The van der Waals surface area contributed by atoms with Crippen LogP contribution in [0.25, 0.3) is 10.9 Å². The van der Waals surface area contributed by atoms with Gasteiger partial charge in [-0.1, -0.05) is 24.6 Å². The number of nitrogens with one attached hydrogen (secondary N) is 1. The van der Waals surface area contributed by atoms with Gasteiger partial charge in [-0.05, 0) is 29.7 Å². The van der Waals surface area contributed by atoms with Crippen molar-refractivity contribution in [2.24, 2.45) is 5.92 Å². The lowest BCUT2D eigenvalue weighted by atomic mass is 10.1. The number of methoxy groups -OCH3 is 1. The van der Waals surface area contributed by atoms with Crippen LogP contribution in [-0.4, -0.2) is 25.2 Å². The number of fused-ring (bicyclic) bond motifs is 1. The zero-order valence-electron chi connectivity index (χ0n) is 11.3. The van der Waals surface area contributed by atoms with E-state index < -0.39 is 0 Å². The fourth-order valence-corrected chi connectivity index (χ4v) is 2.35. The van der Waals surface area contributed by atoms with Crippen LogP contribution in [0, 0.1) is 5.92 Å². The van der Waals surface area contributed by atoms with E-state index in [0.29, 0.717) is 5.92 Å². The Morgan fingerprint density at radius 2 is 2.21 bits per heavy atom. The van der Waals surface area contributed by atoms with Crippen molar-refractivity contribution in [2.45, 2.75) is 13.5 Å².